The van der Waals surface area contributed by atoms with Crippen LogP contribution in [-0.4, -0.2) is 190 Å². The minimum Gasteiger partial charge on any atom is -0.481 e. The molecule has 3 aliphatic rings. The first-order valence-electron chi connectivity index (χ1n) is 27.1. The molecule has 1 aromatic heterocycles. The fraction of sp³-hybridized carbons (Fsp3) is 0.574. The molecule has 0 radical (unpaired) electrons. The summed E-state index contributed by atoms with van der Waals surface area (Å²) in [7, 11) is 0. The van der Waals surface area contributed by atoms with E-state index in [2.05, 4.69) is 47.5 Å². The largest absolute Gasteiger partial charge is 0.481 e. The van der Waals surface area contributed by atoms with Crippen LogP contribution in [0.3, 0.4) is 0 Å². The summed E-state index contributed by atoms with van der Waals surface area (Å²) in [5.74, 6) is -10.4. The van der Waals surface area contributed by atoms with Crippen molar-refractivity contribution in [3.05, 3.63) is 29.3 Å². The maximum Gasteiger partial charge on any atom is 0.382 e. The zero-order valence-electron chi connectivity index (χ0n) is 46.1. The quantitative estimate of drug-likeness (QED) is 0.0553. The van der Waals surface area contributed by atoms with Gasteiger partial charge in [0.1, 0.15) is 30.0 Å². The summed E-state index contributed by atoms with van der Waals surface area (Å²) in [6.07, 6.45) is -2.53. The number of carbonyl (C=O) groups is 13. The number of aromatic nitrogens is 1. The van der Waals surface area contributed by atoms with E-state index >= 15 is 0 Å². The van der Waals surface area contributed by atoms with Crippen molar-refractivity contribution in [3.63, 3.8) is 0 Å². The van der Waals surface area contributed by atoms with Crippen LogP contribution >= 0.6 is 11.8 Å². The number of nitrogens with zero attached hydrogens (tertiary/aromatic N) is 1. The number of hydrogen-bond donors (Lipinski definition) is 12. The number of aliphatic carboxylic acids is 2. The number of amides is 9. The smallest absolute Gasteiger partial charge is 0.382 e. The third-order valence-corrected chi connectivity index (χ3v) is 15.4. The van der Waals surface area contributed by atoms with Gasteiger partial charge in [-0.3, -0.25) is 57.5 Å². The van der Waals surface area contributed by atoms with Gasteiger partial charge in [-0.05, 0) is 41.5 Å². The molecule has 2 aromatic rings. The highest BCUT2D eigenvalue weighted by Crippen LogP contribution is 2.34. The van der Waals surface area contributed by atoms with E-state index in [0.717, 1.165) is 16.7 Å². The summed E-state index contributed by atoms with van der Waals surface area (Å²) in [6, 6.07) is -1.90. The predicted molar refractivity (Wildman–Crippen MR) is 292 cm³/mol. The molecule has 1 aromatic carbocycles. The highest BCUT2D eigenvalue weighted by atomic mass is 32.2. The van der Waals surface area contributed by atoms with E-state index in [1.165, 1.54) is 0 Å². The zero-order valence-corrected chi connectivity index (χ0v) is 46.9. The van der Waals surface area contributed by atoms with E-state index in [1.807, 2.05) is 5.92 Å². The highest BCUT2D eigenvalue weighted by molar-refractivity contribution is 7.99. The first kappa shape index (κ1) is 64.9. The molecule has 2 bridgehead atoms. The van der Waals surface area contributed by atoms with E-state index in [4.69, 9.17) is 9.84 Å². The summed E-state index contributed by atoms with van der Waals surface area (Å²) in [6.45, 7) is 5.37. The third-order valence-electron chi connectivity index (χ3n) is 14.3. The number of thioether (sulfide) groups is 1. The molecule has 9 amide bonds. The van der Waals surface area contributed by atoms with Crippen molar-refractivity contribution in [2.45, 2.75) is 133 Å². The van der Waals surface area contributed by atoms with Crippen LogP contribution in [0.15, 0.2) is 23.2 Å². The summed E-state index contributed by atoms with van der Waals surface area (Å²) < 4.78 is 5.32. The number of H-pyrrole nitrogens is 1. The van der Waals surface area contributed by atoms with Crippen LogP contribution in [-0.2, 0) is 79.9 Å². The number of aromatic amines is 1. The topological polar surface area (TPSA) is 407 Å². The Kier molecular flexibility index (Phi) is 24.8. The number of carboxylic acid groups (broad SMARTS) is 2. The third kappa shape index (κ3) is 19.4. The molecular weight excluding hydrogens is 1090 g/mol. The fourth-order valence-corrected chi connectivity index (χ4v) is 10.6. The average Bonchev–Trinajstić information content (AvgIpc) is 3.61. The van der Waals surface area contributed by atoms with E-state index in [-0.39, 0.29) is 82.3 Å². The summed E-state index contributed by atoms with van der Waals surface area (Å²) >= 11 is 1.000. The van der Waals surface area contributed by atoms with Gasteiger partial charge in [0, 0.05) is 86.7 Å². The normalized spacial score (nSPS) is 23.2. The molecule has 0 aliphatic carbocycles. The second-order valence-corrected chi connectivity index (χ2v) is 21.5. The molecule has 1 saturated heterocycles. The average molecular weight is 1170 g/mol. The highest BCUT2D eigenvalue weighted by Gasteiger charge is 2.44. The number of carbonyl (C=O) groups excluding carboxylic acids is 11. The van der Waals surface area contributed by atoms with Gasteiger partial charge in [-0.2, -0.15) is 0 Å². The molecular formula is C54H72N10O17S. The van der Waals surface area contributed by atoms with E-state index in [1.54, 1.807) is 51.8 Å². The molecule has 1 unspecified atom stereocenters. The first-order valence-corrected chi connectivity index (χ1v) is 28.1. The maximum absolute atomic E-state index is 14.7. The van der Waals surface area contributed by atoms with Crippen molar-refractivity contribution >= 4 is 99.3 Å². The Labute approximate surface area is 476 Å². The van der Waals surface area contributed by atoms with Gasteiger partial charge in [0.25, 0.3) is 5.91 Å². The van der Waals surface area contributed by atoms with Crippen LogP contribution in [0.5, 0.6) is 0 Å². The van der Waals surface area contributed by atoms with Gasteiger partial charge in [-0.15, -0.1) is 11.8 Å². The molecule has 0 saturated carbocycles. The number of ketones is 2. The van der Waals surface area contributed by atoms with Gasteiger partial charge >= 0.3 is 11.9 Å². The number of rotatable bonds is 18. The lowest BCUT2D eigenvalue weighted by Gasteiger charge is -2.31. The maximum atomic E-state index is 14.7. The number of aliphatic hydroxyl groups is 1. The lowest BCUT2D eigenvalue weighted by atomic mass is 9.93. The molecule has 28 heteroatoms. The monoisotopic (exact) mass is 1160 g/mol. The molecule has 27 nitrogen and oxygen atoms in total. The van der Waals surface area contributed by atoms with E-state index < -0.39 is 152 Å². The van der Waals surface area contributed by atoms with Crippen molar-refractivity contribution < 1.29 is 82.4 Å². The van der Waals surface area contributed by atoms with E-state index in [0.29, 0.717) is 39.9 Å². The summed E-state index contributed by atoms with van der Waals surface area (Å²) in [4.78, 5) is 178. The second kappa shape index (κ2) is 31.3. The Bertz CT molecular complexity index is 2830. The Morgan fingerprint density at radius 1 is 0.780 bits per heavy atom. The number of nitrogens with one attached hydrogen (secondary N) is 9. The van der Waals surface area contributed by atoms with Crippen molar-refractivity contribution in [3.8, 4) is 11.8 Å². The molecule has 0 spiro atoms. The molecule has 5 rings (SSSR count). The lowest BCUT2D eigenvalue weighted by molar-refractivity contribution is -0.148. The number of aliphatic hydroxyl groups excluding tert-OH is 1. The standard InChI is InChI=1S/C54H72N10O17S/c1-5-28(3)47-51(78)58-24-43(70)59-38-27-82-53-35(34-19-30(9-10-36(34)61-53)18-32(65)8-7-14-55-42(69)13-16-81-17-15-56-41(68)11-12-45(72)73)23-37(49(76)57-25-44(71)62-47)60-52(79)48(29(4)6-2)63-50(77)39-22-33(66)26-64(39)54(80)31(20-40(38)67)21-46(74)75/h9-10,19,28-29,31,33,37-39,47-48,61,66H,5-8,13-18,20-27H2,1-4H3,(H,55,69)(H,56,68)(H,57,76)(H,58,78)(H,59,70)(H,60,79)(H,62,71)(H,63,77)(H,72,73)(H,74,75)/t28-,29?,31-,33+,37-,38-,39-,47-,48-/m0/s1. The van der Waals surface area contributed by atoms with Crippen LogP contribution in [0.1, 0.15) is 90.2 Å². The van der Waals surface area contributed by atoms with Gasteiger partial charge in [-0.25, -0.2) is 4.79 Å². The number of hydrogen-bond acceptors (Lipinski definition) is 16. The van der Waals surface area contributed by atoms with Crippen LogP contribution < -0.4 is 42.5 Å². The molecule has 4 heterocycles. The van der Waals surface area contributed by atoms with Gasteiger partial charge in [0.05, 0.1) is 55.8 Å². The van der Waals surface area contributed by atoms with Gasteiger partial charge in [-0.1, -0.05) is 46.6 Å². The van der Waals surface area contributed by atoms with Crippen LogP contribution in [0.25, 0.3) is 10.9 Å². The number of ether oxygens (including phenoxy) is 1. The fourth-order valence-electron chi connectivity index (χ4n) is 9.41. The van der Waals surface area contributed by atoms with Gasteiger partial charge in [0.15, 0.2) is 5.78 Å². The summed E-state index contributed by atoms with van der Waals surface area (Å²) in [5.41, 5.74) is 1.38. The van der Waals surface area contributed by atoms with Crippen molar-refractivity contribution in [1.82, 2.24) is 52.4 Å². The molecule has 1 fully saturated rings. The molecule has 9 atom stereocenters. The Morgan fingerprint density at radius 3 is 2.15 bits per heavy atom. The minimum atomic E-state index is -1.60. The number of Topliss-reactive ketones (excluding diaryl/α,β-unsaturated/α-hetero) is 2. The predicted octanol–water partition coefficient (Wildman–Crippen LogP) is -2.28. The second-order valence-electron chi connectivity index (χ2n) is 20.5. The summed E-state index contributed by atoms with van der Waals surface area (Å²) in [5, 5.41) is 50.9. The number of fused-ring (bicyclic) bond motifs is 5. The van der Waals surface area contributed by atoms with Crippen molar-refractivity contribution in [1.29, 1.82) is 0 Å². The van der Waals surface area contributed by atoms with E-state index in [9.17, 15) is 72.5 Å². The SMILES string of the molecule is CCC(C)[C@@H]1NC(=O)[C@@H]2C[C@@H](O)CN2C(=O)[C@H](CC(=O)O)CC(=O)[C@@H]2CSc3[nH]c4ccc(CC(=O)CCCNC(=O)CCOCCNC(=O)C#CC(=O)O)cc4c3C[C@H](NC1=O)C(=O)NCC(=O)N[C@@H]([C@@H](C)CC)C(=O)NCC(=O)N2. The molecule has 446 valence electrons. The zero-order chi connectivity index (χ0) is 60.2. The van der Waals surface area contributed by atoms with Crippen molar-refractivity contribution in [2.75, 3.05) is 51.7 Å². The minimum absolute atomic E-state index is 0.0140. The van der Waals surface area contributed by atoms with Crippen LogP contribution in [0.4, 0.5) is 0 Å². The Hall–Kier alpha value is -7.90. The van der Waals surface area contributed by atoms with Crippen LogP contribution in [0, 0.1) is 29.6 Å². The first-order chi connectivity index (χ1) is 39.0. The Balaban J connectivity index is 1.49. The number of carboxylic acids is 2. The van der Waals surface area contributed by atoms with Crippen LogP contribution in [0.2, 0.25) is 0 Å². The van der Waals surface area contributed by atoms with Crippen molar-refractivity contribution in [2.24, 2.45) is 17.8 Å². The lowest BCUT2D eigenvalue weighted by Crippen LogP contribution is -2.59. The molecule has 12 N–H and O–H groups in total. The van der Waals surface area contributed by atoms with Gasteiger partial charge < -0.3 is 72.5 Å². The Morgan fingerprint density at radius 2 is 1.46 bits per heavy atom. The number of benzene rings is 1. The molecule has 82 heavy (non-hydrogen) atoms. The van der Waals surface area contributed by atoms with Gasteiger partial charge in [0.2, 0.25) is 47.3 Å². The molecule has 3 aliphatic heterocycles.